The van der Waals surface area contributed by atoms with Gasteiger partial charge in [0.15, 0.2) is 5.96 Å². The van der Waals surface area contributed by atoms with Gasteiger partial charge in [-0.15, -0.1) is 24.0 Å². The Kier molecular flexibility index (Phi) is 9.50. The van der Waals surface area contributed by atoms with Crippen LogP contribution < -0.4 is 15.5 Å². The average molecular weight is 576 g/mol. The van der Waals surface area contributed by atoms with Crippen molar-refractivity contribution in [2.24, 2.45) is 10.4 Å². The number of anilines is 1. The van der Waals surface area contributed by atoms with Crippen LogP contribution in [0.3, 0.4) is 0 Å². The molecule has 1 aliphatic heterocycles. The number of aromatic nitrogens is 1. The highest BCUT2D eigenvalue weighted by Gasteiger charge is 2.42. The maximum Gasteiger partial charge on any atom is 0.417 e. The van der Waals surface area contributed by atoms with Crippen molar-refractivity contribution in [1.29, 1.82) is 0 Å². The summed E-state index contributed by atoms with van der Waals surface area (Å²) in [6.45, 7) is 5.53. The number of halogens is 5. The van der Waals surface area contributed by atoms with Crippen LogP contribution in [-0.4, -0.2) is 56.9 Å². The van der Waals surface area contributed by atoms with E-state index >= 15 is 0 Å². The van der Waals surface area contributed by atoms with Crippen molar-refractivity contribution in [3.8, 4) is 0 Å². The van der Waals surface area contributed by atoms with E-state index < -0.39 is 11.7 Å². The maximum absolute atomic E-state index is 12.8. The second kappa shape index (κ2) is 11.2. The Hall–Kier alpha value is -1.01. The number of methoxy groups -OCH3 is 1. The van der Waals surface area contributed by atoms with E-state index in [-0.39, 0.29) is 40.5 Å². The highest BCUT2D eigenvalue weighted by atomic mass is 127. The first-order valence-corrected chi connectivity index (χ1v) is 10.7. The topological polar surface area (TPSA) is 61.8 Å². The summed E-state index contributed by atoms with van der Waals surface area (Å²) in [7, 11) is 1.72. The number of nitrogens with one attached hydrogen (secondary N) is 2. The van der Waals surface area contributed by atoms with Crippen LogP contribution in [0, 0.1) is 5.41 Å². The Bertz CT molecular complexity index is 761. The molecule has 6 nitrogen and oxygen atoms in total. The Morgan fingerprint density at radius 2 is 2.16 bits per heavy atom. The molecule has 2 aliphatic rings. The Balaban J connectivity index is 0.00000341. The van der Waals surface area contributed by atoms with Gasteiger partial charge in [0, 0.05) is 52.1 Å². The van der Waals surface area contributed by atoms with Gasteiger partial charge in [-0.3, -0.25) is 4.99 Å². The SMILES string of the molecule is CCNC(=NCC1(CCOC)CC1)NC1CCN(c2ncc(C(F)(F)F)cc2Cl)C1.I. The summed E-state index contributed by atoms with van der Waals surface area (Å²) in [6, 6.07) is 1.04. The predicted molar refractivity (Wildman–Crippen MR) is 128 cm³/mol. The molecule has 11 heteroatoms. The number of nitrogens with zero attached hydrogens (tertiary/aromatic N) is 3. The third-order valence-electron chi connectivity index (χ3n) is 5.69. The molecule has 3 rings (SSSR count). The van der Waals surface area contributed by atoms with Crippen LogP contribution in [0.15, 0.2) is 17.3 Å². The first kappa shape index (κ1) is 26.2. The van der Waals surface area contributed by atoms with Gasteiger partial charge in [-0.1, -0.05) is 11.6 Å². The first-order valence-electron chi connectivity index (χ1n) is 10.3. The Morgan fingerprint density at radius 3 is 2.74 bits per heavy atom. The Labute approximate surface area is 203 Å². The minimum Gasteiger partial charge on any atom is -0.385 e. The highest BCUT2D eigenvalue weighted by molar-refractivity contribution is 14.0. The monoisotopic (exact) mass is 575 g/mol. The van der Waals surface area contributed by atoms with E-state index in [1.54, 1.807) is 7.11 Å². The van der Waals surface area contributed by atoms with Crippen LogP contribution in [0.5, 0.6) is 0 Å². The molecule has 176 valence electrons. The van der Waals surface area contributed by atoms with Crippen molar-refractivity contribution in [2.75, 3.05) is 44.8 Å². The quantitative estimate of drug-likeness (QED) is 0.275. The molecule has 2 fully saturated rings. The molecular weight excluding hydrogens is 546 g/mol. The van der Waals surface area contributed by atoms with Gasteiger partial charge in [0.25, 0.3) is 0 Å². The fourth-order valence-electron chi connectivity index (χ4n) is 3.63. The zero-order valence-corrected chi connectivity index (χ0v) is 20.9. The van der Waals surface area contributed by atoms with Gasteiger partial charge in [-0.25, -0.2) is 4.98 Å². The lowest BCUT2D eigenvalue weighted by Gasteiger charge is -2.21. The summed E-state index contributed by atoms with van der Waals surface area (Å²) in [5, 5.41) is 6.74. The molecular formula is C20H30ClF3IN5O. The van der Waals surface area contributed by atoms with Gasteiger partial charge in [0.2, 0.25) is 0 Å². The van der Waals surface area contributed by atoms with E-state index in [0.29, 0.717) is 18.9 Å². The smallest absolute Gasteiger partial charge is 0.385 e. The van der Waals surface area contributed by atoms with Gasteiger partial charge < -0.3 is 20.3 Å². The molecule has 31 heavy (non-hydrogen) atoms. The van der Waals surface area contributed by atoms with Crippen molar-refractivity contribution in [2.45, 2.75) is 44.8 Å². The normalized spacial score (nSPS) is 20.4. The molecule has 0 amide bonds. The van der Waals surface area contributed by atoms with Gasteiger partial charge in [-0.05, 0) is 44.1 Å². The second-order valence-corrected chi connectivity index (χ2v) is 8.45. The lowest BCUT2D eigenvalue weighted by molar-refractivity contribution is -0.137. The van der Waals surface area contributed by atoms with Crippen molar-refractivity contribution >= 4 is 47.4 Å². The van der Waals surface area contributed by atoms with Crippen molar-refractivity contribution in [3.05, 3.63) is 22.8 Å². The Morgan fingerprint density at radius 1 is 1.42 bits per heavy atom. The molecule has 2 N–H and O–H groups in total. The number of pyridine rings is 1. The lowest BCUT2D eigenvalue weighted by atomic mass is 10.0. The molecule has 0 spiro atoms. The number of hydrogen-bond donors (Lipinski definition) is 2. The molecule has 1 aromatic rings. The third-order valence-corrected chi connectivity index (χ3v) is 5.97. The molecule has 1 saturated carbocycles. The van der Waals surface area contributed by atoms with Crippen LogP contribution >= 0.6 is 35.6 Å². The van der Waals surface area contributed by atoms with Crippen LogP contribution in [0.25, 0.3) is 0 Å². The van der Waals surface area contributed by atoms with Gasteiger partial charge >= 0.3 is 6.18 Å². The number of aliphatic imine (C=N–C) groups is 1. The second-order valence-electron chi connectivity index (χ2n) is 8.04. The lowest BCUT2D eigenvalue weighted by Crippen LogP contribution is -2.45. The summed E-state index contributed by atoms with van der Waals surface area (Å²) in [6.07, 6.45) is 0.565. The number of guanidine groups is 1. The molecule has 1 unspecified atom stereocenters. The van der Waals surface area contributed by atoms with Gasteiger partial charge in [0.1, 0.15) is 5.82 Å². The zero-order chi connectivity index (χ0) is 21.8. The number of hydrogen-bond acceptors (Lipinski definition) is 4. The van der Waals surface area contributed by atoms with Crippen molar-refractivity contribution in [3.63, 3.8) is 0 Å². The molecule has 2 heterocycles. The van der Waals surface area contributed by atoms with Crippen LogP contribution in [0.1, 0.15) is 38.2 Å². The van der Waals surface area contributed by atoms with Crippen LogP contribution in [-0.2, 0) is 10.9 Å². The summed E-state index contributed by atoms with van der Waals surface area (Å²) in [4.78, 5) is 10.6. The predicted octanol–water partition coefficient (Wildman–Crippen LogP) is 4.32. The standard InChI is InChI=1S/C20H29ClF3N5O.HI/c1-3-25-18(27-13-19(5-6-19)7-9-30-2)28-15-4-8-29(12-15)17-16(21)10-14(11-26-17)20(22,23)24;/h10-11,15H,3-9,12-13H2,1-2H3,(H2,25,27,28);1H. The highest BCUT2D eigenvalue weighted by Crippen LogP contribution is 2.49. The molecule has 1 aromatic heterocycles. The zero-order valence-electron chi connectivity index (χ0n) is 17.8. The largest absolute Gasteiger partial charge is 0.417 e. The third kappa shape index (κ3) is 7.24. The molecule has 0 radical (unpaired) electrons. The molecule has 0 bridgehead atoms. The van der Waals surface area contributed by atoms with E-state index in [4.69, 9.17) is 21.3 Å². The fraction of sp³-hybridized carbons (Fsp3) is 0.700. The van der Waals surface area contributed by atoms with E-state index in [2.05, 4.69) is 15.6 Å². The number of rotatable bonds is 8. The molecule has 1 saturated heterocycles. The van der Waals surface area contributed by atoms with Crippen LogP contribution in [0.4, 0.5) is 19.0 Å². The maximum atomic E-state index is 12.8. The fourth-order valence-corrected chi connectivity index (χ4v) is 3.92. The van der Waals surface area contributed by atoms with E-state index in [9.17, 15) is 13.2 Å². The summed E-state index contributed by atoms with van der Waals surface area (Å²) in [5.74, 6) is 1.15. The first-order chi connectivity index (χ1) is 14.3. The van der Waals surface area contributed by atoms with Crippen LogP contribution in [0.2, 0.25) is 5.02 Å². The van der Waals surface area contributed by atoms with E-state index in [1.807, 2.05) is 11.8 Å². The van der Waals surface area contributed by atoms with E-state index in [1.165, 1.54) is 12.8 Å². The minimum atomic E-state index is -4.45. The van der Waals surface area contributed by atoms with Crippen molar-refractivity contribution < 1.29 is 17.9 Å². The summed E-state index contributed by atoms with van der Waals surface area (Å²) >= 11 is 6.10. The molecule has 1 atom stereocenters. The van der Waals surface area contributed by atoms with Gasteiger partial charge in [0.05, 0.1) is 10.6 Å². The van der Waals surface area contributed by atoms with Crippen molar-refractivity contribution in [1.82, 2.24) is 15.6 Å². The number of alkyl halides is 3. The summed E-state index contributed by atoms with van der Waals surface area (Å²) in [5.41, 5.74) is -0.577. The van der Waals surface area contributed by atoms with E-state index in [0.717, 1.165) is 50.8 Å². The molecule has 0 aromatic carbocycles. The average Bonchev–Trinajstić information content (AvgIpc) is 3.32. The molecule has 1 aliphatic carbocycles. The summed E-state index contributed by atoms with van der Waals surface area (Å²) < 4.78 is 43.7. The minimum absolute atomic E-state index is 0. The van der Waals surface area contributed by atoms with Gasteiger partial charge in [-0.2, -0.15) is 13.2 Å². The number of ether oxygens (including phenoxy) is 1.